The van der Waals surface area contributed by atoms with E-state index in [2.05, 4.69) is 21.2 Å². The third-order valence-corrected chi connectivity index (χ3v) is 2.85. The number of hydrogen-bond donors (Lipinski definition) is 2. The smallest absolute Gasteiger partial charge is 0.418 e. The van der Waals surface area contributed by atoms with Crippen molar-refractivity contribution in [1.29, 1.82) is 0 Å². The van der Waals surface area contributed by atoms with Crippen molar-refractivity contribution in [2.24, 2.45) is 0 Å². The van der Waals surface area contributed by atoms with E-state index in [9.17, 15) is 22.8 Å². The van der Waals surface area contributed by atoms with Crippen LogP contribution in [0.25, 0.3) is 0 Å². The van der Waals surface area contributed by atoms with Gasteiger partial charge in [0.15, 0.2) is 0 Å². The van der Waals surface area contributed by atoms with Gasteiger partial charge in [0.25, 0.3) is 0 Å². The van der Waals surface area contributed by atoms with E-state index in [0.29, 0.717) is 0 Å². The van der Waals surface area contributed by atoms with Gasteiger partial charge in [0, 0.05) is 17.3 Å². The summed E-state index contributed by atoms with van der Waals surface area (Å²) in [4.78, 5) is 21.8. The van der Waals surface area contributed by atoms with Crippen LogP contribution in [0.1, 0.15) is 24.8 Å². The number of hydrogen-bond acceptors (Lipinski definition) is 2. The molecule has 1 aromatic rings. The number of carboxylic acid groups (broad SMARTS) is 1. The number of aliphatic carboxylic acids is 1. The molecule has 0 spiro atoms. The molecular formula is C12H11BrF3NO3. The fourth-order valence-electron chi connectivity index (χ4n) is 1.47. The van der Waals surface area contributed by atoms with Crippen LogP contribution in [0.3, 0.4) is 0 Å². The number of anilines is 1. The van der Waals surface area contributed by atoms with Crippen molar-refractivity contribution in [1.82, 2.24) is 0 Å². The summed E-state index contributed by atoms with van der Waals surface area (Å²) in [6.45, 7) is 0. The standard InChI is InChI=1S/C12H11BrF3NO3/c13-7-4-5-9(8(6-7)12(14,15)16)17-10(18)2-1-3-11(19)20/h4-6H,1-3H2,(H,17,18)(H,19,20). The van der Waals surface area contributed by atoms with Gasteiger partial charge in [-0.15, -0.1) is 0 Å². The van der Waals surface area contributed by atoms with Gasteiger partial charge in [0.05, 0.1) is 11.3 Å². The summed E-state index contributed by atoms with van der Waals surface area (Å²) >= 11 is 2.93. The summed E-state index contributed by atoms with van der Waals surface area (Å²) in [5.41, 5.74) is -1.31. The maximum Gasteiger partial charge on any atom is 0.418 e. The number of rotatable bonds is 5. The zero-order valence-electron chi connectivity index (χ0n) is 10.1. The molecule has 0 saturated heterocycles. The highest BCUT2D eigenvalue weighted by molar-refractivity contribution is 9.10. The van der Waals surface area contributed by atoms with Gasteiger partial charge in [-0.05, 0) is 24.6 Å². The lowest BCUT2D eigenvalue weighted by Crippen LogP contribution is -2.16. The van der Waals surface area contributed by atoms with Crippen LogP contribution in [0.2, 0.25) is 0 Å². The Kier molecular flexibility index (Phi) is 5.55. The number of carboxylic acids is 1. The summed E-state index contributed by atoms with van der Waals surface area (Å²) in [6, 6.07) is 3.39. The minimum Gasteiger partial charge on any atom is -0.481 e. The van der Waals surface area contributed by atoms with Crippen LogP contribution in [0.4, 0.5) is 18.9 Å². The largest absolute Gasteiger partial charge is 0.481 e. The lowest BCUT2D eigenvalue weighted by Gasteiger charge is -2.14. The number of carbonyl (C=O) groups is 2. The number of benzene rings is 1. The van der Waals surface area contributed by atoms with Crippen LogP contribution in [-0.2, 0) is 15.8 Å². The van der Waals surface area contributed by atoms with Gasteiger partial charge in [0.2, 0.25) is 5.91 Å². The van der Waals surface area contributed by atoms with Crippen molar-refractivity contribution in [3.8, 4) is 0 Å². The third-order valence-electron chi connectivity index (χ3n) is 2.36. The van der Waals surface area contributed by atoms with Crippen molar-refractivity contribution >= 4 is 33.5 Å². The third kappa shape index (κ3) is 5.20. The monoisotopic (exact) mass is 353 g/mol. The normalized spacial score (nSPS) is 11.2. The summed E-state index contributed by atoms with van der Waals surface area (Å²) in [6.07, 6.45) is -4.88. The zero-order valence-corrected chi connectivity index (χ0v) is 11.7. The lowest BCUT2D eigenvalue weighted by atomic mass is 10.1. The van der Waals surface area contributed by atoms with Crippen molar-refractivity contribution in [2.75, 3.05) is 5.32 Å². The molecule has 0 fully saturated rings. The fourth-order valence-corrected chi connectivity index (χ4v) is 1.83. The molecule has 110 valence electrons. The molecular weight excluding hydrogens is 343 g/mol. The number of amides is 1. The molecule has 0 bridgehead atoms. The minimum absolute atomic E-state index is 0.0685. The molecule has 0 saturated carbocycles. The van der Waals surface area contributed by atoms with E-state index in [1.165, 1.54) is 6.07 Å². The van der Waals surface area contributed by atoms with Gasteiger partial charge < -0.3 is 10.4 Å². The lowest BCUT2D eigenvalue weighted by molar-refractivity contribution is -0.137. The Balaban J connectivity index is 2.77. The molecule has 0 aromatic heterocycles. The molecule has 8 heteroatoms. The molecule has 1 amide bonds. The molecule has 0 aliphatic rings. The topological polar surface area (TPSA) is 66.4 Å². The second-order valence-corrected chi connectivity index (χ2v) is 4.90. The van der Waals surface area contributed by atoms with E-state index in [1.54, 1.807) is 0 Å². The molecule has 0 atom stereocenters. The average molecular weight is 354 g/mol. The number of nitrogens with one attached hydrogen (secondary N) is 1. The maximum atomic E-state index is 12.8. The van der Waals surface area contributed by atoms with Gasteiger partial charge in [-0.2, -0.15) is 13.2 Å². The Labute approximate surface area is 121 Å². The molecule has 1 rings (SSSR count). The minimum atomic E-state index is -4.59. The van der Waals surface area contributed by atoms with Gasteiger partial charge in [-0.25, -0.2) is 0 Å². The summed E-state index contributed by atoms with van der Waals surface area (Å²) in [5.74, 6) is -1.71. The van der Waals surface area contributed by atoms with Crippen LogP contribution in [0.15, 0.2) is 22.7 Å². The number of halogens is 4. The number of carbonyl (C=O) groups excluding carboxylic acids is 1. The SMILES string of the molecule is O=C(O)CCCC(=O)Nc1ccc(Br)cc1C(F)(F)F. The van der Waals surface area contributed by atoms with E-state index >= 15 is 0 Å². The first kappa shape index (κ1) is 16.5. The van der Waals surface area contributed by atoms with E-state index < -0.39 is 23.6 Å². The average Bonchev–Trinajstić information content (AvgIpc) is 2.29. The molecule has 1 aromatic carbocycles. The van der Waals surface area contributed by atoms with Crippen LogP contribution in [0, 0.1) is 0 Å². The molecule has 0 unspecified atom stereocenters. The summed E-state index contributed by atoms with van der Waals surface area (Å²) in [5, 5.41) is 10.6. The molecule has 0 radical (unpaired) electrons. The fraction of sp³-hybridized carbons (Fsp3) is 0.333. The Hall–Kier alpha value is -1.57. The first-order chi connectivity index (χ1) is 9.20. The summed E-state index contributed by atoms with van der Waals surface area (Å²) in [7, 11) is 0. The highest BCUT2D eigenvalue weighted by atomic mass is 79.9. The van der Waals surface area contributed by atoms with E-state index in [1.807, 2.05) is 0 Å². The predicted octanol–water partition coefficient (Wildman–Crippen LogP) is 3.66. The van der Waals surface area contributed by atoms with Gasteiger partial charge >= 0.3 is 12.1 Å². The van der Waals surface area contributed by atoms with Crippen molar-refractivity contribution in [2.45, 2.75) is 25.4 Å². The van der Waals surface area contributed by atoms with E-state index in [-0.39, 0.29) is 29.4 Å². The summed E-state index contributed by atoms with van der Waals surface area (Å²) < 4.78 is 38.6. The quantitative estimate of drug-likeness (QED) is 0.848. The molecule has 0 aliphatic carbocycles. The Bertz CT molecular complexity index is 517. The Morgan fingerprint density at radius 3 is 2.45 bits per heavy atom. The molecule has 4 nitrogen and oxygen atoms in total. The molecule has 0 aliphatic heterocycles. The zero-order chi connectivity index (χ0) is 15.3. The second kappa shape index (κ2) is 6.74. The van der Waals surface area contributed by atoms with Crippen LogP contribution >= 0.6 is 15.9 Å². The van der Waals surface area contributed by atoms with Crippen LogP contribution < -0.4 is 5.32 Å². The second-order valence-electron chi connectivity index (χ2n) is 3.98. The Morgan fingerprint density at radius 2 is 1.90 bits per heavy atom. The van der Waals surface area contributed by atoms with Crippen molar-refractivity contribution < 1.29 is 27.9 Å². The van der Waals surface area contributed by atoms with Crippen molar-refractivity contribution in [3.05, 3.63) is 28.2 Å². The molecule has 0 heterocycles. The predicted molar refractivity (Wildman–Crippen MR) is 69.3 cm³/mol. The van der Waals surface area contributed by atoms with Gasteiger partial charge in [0.1, 0.15) is 0 Å². The first-order valence-corrected chi connectivity index (χ1v) is 6.38. The molecule has 2 N–H and O–H groups in total. The van der Waals surface area contributed by atoms with E-state index in [4.69, 9.17) is 5.11 Å². The van der Waals surface area contributed by atoms with Gasteiger partial charge in [-0.3, -0.25) is 9.59 Å². The van der Waals surface area contributed by atoms with E-state index in [0.717, 1.165) is 12.1 Å². The number of alkyl halides is 3. The van der Waals surface area contributed by atoms with Crippen molar-refractivity contribution in [3.63, 3.8) is 0 Å². The first-order valence-electron chi connectivity index (χ1n) is 5.58. The van der Waals surface area contributed by atoms with Gasteiger partial charge in [-0.1, -0.05) is 15.9 Å². The Morgan fingerprint density at radius 1 is 1.25 bits per heavy atom. The molecule has 20 heavy (non-hydrogen) atoms. The maximum absolute atomic E-state index is 12.8. The van der Waals surface area contributed by atoms with Crippen LogP contribution in [0.5, 0.6) is 0 Å². The highest BCUT2D eigenvalue weighted by Crippen LogP contribution is 2.36. The highest BCUT2D eigenvalue weighted by Gasteiger charge is 2.34. The van der Waals surface area contributed by atoms with Crippen LogP contribution in [-0.4, -0.2) is 17.0 Å².